The maximum atomic E-state index is 6.01. The van der Waals surface area contributed by atoms with Gasteiger partial charge in [-0.1, -0.05) is 29.8 Å². The van der Waals surface area contributed by atoms with Gasteiger partial charge in [0.1, 0.15) is 0 Å². The lowest BCUT2D eigenvalue weighted by Gasteiger charge is -2.34. The first-order valence-corrected chi connectivity index (χ1v) is 7.84. The summed E-state index contributed by atoms with van der Waals surface area (Å²) in [4.78, 5) is 3.95. The number of nitrogens with one attached hydrogen (secondary N) is 1. The molecule has 1 aromatic carbocycles. The van der Waals surface area contributed by atoms with Gasteiger partial charge in [0, 0.05) is 36.1 Å². The molecule has 2 nitrogen and oxygen atoms in total. The minimum atomic E-state index is 0.361. The van der Waals surface area contributed by atoms with E-state index in [1.165, 1.54) is 10.4 Å². The van der Waals surface area contributed by atoms with Crippen LogP contribution < -0.4 is 5.32 Å². The maximum absolute atomic E-state index is 6.01. The van der Waals surface area contributed by atoms with E-state index in [4.69, 9.17) is 11.6 Å². The number of halogens is 1. The number of rotatable bonds is 3. The fraction of sp³-hybridized carbons (Fsp3) is 0.333. The minimum Gasteiger partial charge on any atom is -0.314 e. The predicted octanol–water partition coefficient (Wildman–Crippen LogP) is 3.40. The maximum Gasteiger partial charge on any atom is 0.0696 e. The number of thiophene rings is 1. The molecule has 0 amide bonds. The molecule has 0 radical (unpaired) electrons. The van der Waals surface area contributed by atoms with Crippen molar-refractivity contribution < 1.29 is 0 Å². The molecule has 0 aliphatic carbocycles. The first-order valence-electron chi connectivity index (χ1n) is 6.58. The number of hydrogen-bond acceptors (Lipinski definition) is 3. The second kappa shape index (κ2) is 6.06. The predicted molar refractivity (Wildman–Crippen MR) is 82.1 cm³/mol. The Kier molecular flexibility index (Phi) is 4.18. The van der Waals surface area contributed by atoms with Crippen molar-refractivity contribution in [1.82, 2.24) is 10.2 Å². The van der Waals surface area contributed by atoms with E-state index in [9.17, 15) is 0 Å². The molecule has 1 aliphatic heterocycles. The molecule has 19 heavy (non-hydrogen) atoms. The summed E-state index contributed by atoms with van der Waals surface area (Å²) in [5, 5.41) is 6.37. The number of piperazine rings is 1. The molecular weight excluding hydrogens is 276 g/mol. The van der Waals surface area contributed by atoms with Gasteiger partial charge in [-0.2, -0.15) is 0 Å². The highest BCUT2D eigenvalue weighted by molar-refractivity contribution is 7.10. The Morgan fingerprint density at radius 1 is 1.11 bits per heavy atom. The van der Waals surface area contributed by atoms with E-state index >= 15 is 0 Å². The highest BCUT2D eigenvalue weighted by atomic mass is 35.5. The topological polar surface area (TPSA) is 15.3 Å². The Hall–Kier alpha value is -0.870. The van der Waals surface area contributed by atoms with Crippen LogP contribution in [0.1, 0.15) is 16.5 Å². The van der Waals surface area contributed by atoms with Crippen LogP contribution in [0.15, 0.2) is 41.8 Å². The van der Waals surface area contributed by atoms with Crippen LogP contribution in [0.4, 0.5) is 0 Å². The summed E-state index contributed by atoms with van der Waals surface area (Å²) < 4.78 is 0. The minimum absolute atomic E-state index is 0.361. The Morgan fingerprint density at radius 2 is 1.84 bits per heavy atom. The molecule has 1 N–H and O–H groups in total. The monoisotopic (exact) mass is 292 g/mol. The first kappa shape index (κ1) is 13.1. The van der Waals surface area contributed by atoms with Crippen LogP contribution >= 0.6 is 22.9 Å². The molecule has 1 saturated heterocycles. The van der Waals surface area contributed by atoms with E-state index in [-0.39, 0.29) is 0 Å². The van der Waals surface area contributed by atoms with Crippen molar-refractivity contribution in [2.75, 3.05) is 26.2 Å². The Labute approximate surface area is 123 Å². The van der Waals surface area contributed by atoms with E-state index in [0.29, 0.717) is 6.04 Å². The van der Waals surface area contributed by atoms with Gasteiger partial charge in [-0.3, -0.25) is 4.90 Å². The Balaban J connectivity index is 1.93. The van der Waals surface area contributed by atoms with E-state index in [0.717, 1.165) is 31.2 Å². The highest BCUT2D eigenvalue weighted by Gasteiger charge is 2.24. The lowest BCUT2D eigenvalue weighted by atomic mass is 10.0. The summed E-state index contributed by atoms with van der Waals surface area (Å²) in [6, 6.07) is 13.0. The molecule has 0 saturated carbocycles. The van der Waals surface area contributed by atoms with Crippen molar-refractivity contribution in [2.24, 2.45) is 0 Å². The van der Waals surface area contributed by atoms with Crippen LogP contribution in [-0.2, 0) is 0 Å². The quantitative estimate of drug-likeness (QED) is 0.933. The lowest BCUT2D eigenvalue weighted by Crippen LogP contribution is -2.45. The fourth-order valence-corrected chi connectivity index (χ4v) is 3.60. The van der Waals surface area contributed by atoms with E-state index in [1.54, 1.807) is 0 Å². The zero-order valence-electron chi connectivity index (χ0n) is 10.7. The average molecular weight is 293 g/mol. The first-order chi connectivity index (χ1) is 9.34. The molecule has 1 aliphatic rings. The van der Waals surface area contributed by atoms with Crippen molar-refractivity contribution in [1.29, 1.82) is 0 Å². The second-order valence-electron chi connectivity index (χ2n) is 4.76. The van der Waals surface area contributed by atoms with Crippen LogP contribution in [-0.4, -0.2) is 31.1 Å². The standard InChI is InChI=1S/C15H17ClN2S/c16-13-5-3-12(4-6-13)15(14-2-1-11-19-14)18-9-7-17-8-10-18/h1-6,11,15,17H,7-10H2/t15-/m1/s1. The highest BCUT2D eigenvalue weighted by Crippen LogP contribution is 2.32. The largest absolute Gasteiger partial charge is 0.314 e. The van der Waals surface area contributed by atoms with Gasteiger partial charge in [0.25, 0.3) is 0 Å². The third-order valence-electron chi connectivity index (χ3n) is 3.52. The van der Waals surface area contributed by atoms with E-state index < -0.39 is 0 Å². The average Bonchev–Trinajstić information content (AvgIpc) is 2.96. The Morgan fingerprint density at radius 3 is 2.47 bits per heavy atom. The SMILES string of the molecule is Clc1ccc([C@H](c2cccs2)N2CCNCC2)cc1. The number of nitrogens with zero attached hydrogens (tertiary/aromatic N) is 1. The molecule has 0 bridgehead atoms. The van der Waals surface area contributed by atoms with Gasteiger partial charge in [0.15, 0.2) is 0 Å². The third kappa shape index (κ3) is 3.00. The van der Waals surface area contributed by atoms with Crippen LogP contribution in [0.5, 0.6) is 0 Å². The number of hydrogen-bond donors (Lipinski definition) is 1. The van der Waals surface area contributed by atoms with E-state index in [2.05, 4.69) is 39.9 Å². The summed E-state index contributed by atoms with van der Waals surface area (Å²) in [6.45, 7) is 4.31. The van der Waals surface area contributed by atoms with Crippen LogP contribution in [0.25, 0.3) is 0 Å². The van der Waals surface area contributed by atoms with Gasteiger partial charge in [-0.25, -0.2) is 0 Å². The molecule has 3 rings (SSSR count). The van der Waals surface area contributed by atoms with E-state index in [1.807, 2.05) is 23.5 Å². The molecule has 1 fully saturated rings. The van der Waals surface area contributed by atoms with Crippen molar-refractivity contribution >= 4 is 22.9 Å². The molecule has 2 aromatic rings. The number of benzene rings is 1. The van der Waals surface area contributed by atoms with Gasteiger partial charge < -0.3 is 5.32 Å². The summed E-state index contributed by atoms with van der Waals surface area (Å²) in [5.74, 6) is 0. The van der Waals surface area contributed by atoms with Crippen LogP contribution in [0.3, 0.4) is 0 Å². The third-order valence-corrected chi connectivity index (χ3v) is 4.69. The van der Waals surface area contributed by atoms with Crippen LogP contribution in [0.2, 0.25) is 5.02 Å². The van der Waals surface area contributed by atoms with Crippen molar-refractivity contribution in [3.05, 3.63) is 57.2 Å². The van der Waals surface area contributed by atoms with Gasteiger partial charge >= 0.3 is 0 Å². The molecular formula is C15H17ClN2S. The lowest BCUT2D eigenvalue weighted by molar-refractivity contribution is 0.200. The van der Waals surface area contributed by atoms with Gasteiger partial charge in [-0.05, 0) is 29.1 Å². The summed E-state index contributed by atoms with van der Waals surface area (Å²) in [5.41, 5.74) is 1.33. The zero-order valence-corrected chi connectivity index (χ0v) is 12.3. The molecule has 4 heteroatoms. The molecule has 0 spiro atoms. The fourth-order valence-electron chi connectivity index (χ4n) is 2.59. The van der Waals surface area contributed by atoms with Crippen molar-refractivity contribution in [3.8, 4) is 0 Å². The molecule has 100 valence electrons. The summed E-state index contributed by atoms with van der Waals surface area (Å²) in [7, 11) is 0. The smallest absolute Gasteiger partial charge is 0.0696 e. The normalized spacial score (nSPS) is 18.4. The molecule has 2 heterocycles. The molecule has 0 unspecified atom stereocenters. The van der Waals surface area contributed by atoms with Crippen molar-refractivity contribution in [2.45, 2.75) is 6.04 Å². The Bertz CT molecular complexity index is 503. The van der Waals surface area contributed by atoms with Gasteiger partial charge in [0.2, 0.25) is 0 Å². The van der Waals surface area contributed by atoms with Gasteiger partial charge in [-0.15, -0.1) is 11.3 Å². The summed E-state index contributed by atoms with van der Waals surface area (Å²) in [6.07, 6.45) is 0. The summed E-state index contributed by atoms with van der Waals surface area (Å²) >= 11 is 7.83. The van der Waals surface area contributed by atoms with Crippen LogP contribution in [0, 0.1) is 0 Å². The molecule has 1 aromatic heterocycles. The molecule has 1 atom stereocenters. The second-order valence-corrected chi connectivity index (χ2v) is 6.17. The van der Waals surface area contributed by atoms with Gasteiger partial charge in [0.05, 0.1) is 6.04 Å². The van der Waals surface area contributed by atoms with Crippen molar-refractivity contribution in [3.63, 3.8) is 0 Å². The zero-order chi connectivity index (χ0) is 13.1.